The Balaban J connectivity index is 2.69. The summed E-state index contributed by atoms with van der Waals surface area (Å²) in [6.07, 6.45) is 0. The minimum atomic E-state index is -1.30. The number of ether oxygens (including phenoxy) is 1. The Morgan fingerprint density at radius 2 is 2.17 bits per heavy atom. The molecule has 1 atom stereocenters. The van der Waals surface area contributed by atoms with E-state index < -0.39 is 17.9 Å². The molecule has 0 aromatic heterocycles. The minimum absolute atomic E-state index is 0.197. The standard InChI is InChI=1S/C12H15IN2O3/c1-3-18-12(17)10(14)11(16)15-8-5-4-7(2)9(13)6-8/h4-6,10H,3,14H2,1-2H3,(H,15,16). The Morgan fingerprint density at radius 1 is 1.50 bits per heavy atom. The summed E-state index contributed by atoms with van der Waals surface area (Å²) in [7, 11) is 0. The molecule has 3 N–H and O–H groups in total. The van der Waals surface area contributed by atoms with E-state index >= 15 is 0 Å². The Labute approximate surface area is 119 Å². The number of amides is 1. The van der Waals surface area contributed by atoms with Gasteiger partial charge in [-0.2, -0.15) is 0 Å². The lowest BCUT2D eigenvalue weighted by Crippen LogP contribution is -2.43. The molecule has 1 aromatic carbocycles. The van der Waals surface area contributed by atoms with Crippen molar-refractivity contribution < 1.29 is 14.3 Å². The number of carbonyl (C=O) groups is 2. The van der Waals surface area contributed by atoms with Gasteiger partial charge in [-0.1, -0.05) is 6.07 Å². The molecule has 0 spiro atoms. The zero-order valence-electron chi connectivity index (χ0n) is 10.2. The molecule has 1 unspecified atom stereocenters. The maximum Gasteiger partial charge on any atom is 0.332 e. The van der Waals surface area contributed by atoms with Crippen molar-refractivity contribution >= 4 is 40.2 Å². The third kappa shape index (κ3) is 3.95. The maximum atomic E-state index is 11.7. The van der Waals surface area contributed by atoms with Crippen LogP contribution in [0.3, 0.4) is 0 Å². The predicted molar refractivity (Wildman–Crippen MR) is 77.1 cm³/mol. The average Bonchev–Trinajstić information content (AvgIpc) is 2.33. The first kappa shape index (κ1) is 14.9. The summed E-state index contributed by atoms with van der Waals surface area (Å²) >= 11 is 2.17. The lowest BCUT2D eigenvalue weighted by Gasteiger charge is -2.11. The van der Waals surface area contributed by atoms with Crippen LogP contribution in [0.4, 0.5) is 5.69 Å². The molecule has 1 aromatic rings. The SMILES string of the molecule is CCOC(=O)C(N)C(=O)Nc1ccc(C)c(I)c1. The van der Waals surface area contributed by atoms with Crippen molar-refractivity contribution in [2.45, 2.75) is 19.9 Å². The van der Waals surface area contributed by atoms with Crippen molar-refractivity contribution in [3.05, 3.63) is 27.3 Å². The number of rotatable bonds is 4. The fourth-order valence-corrected chi connectivity index (χ4v) is 1.74. The molecule has 0 aliphatic heterocycles. The normalized spacial score (nSPS) is 11.8. The van der Waals surface area contributed by atoms with Gasteiger partial charge in [0.25, 0.3) is 5.91 Å². The molecule has 98 valence electrons. The number of hydrogen-bond donors (Lipinski definition) is 2. The van der Waals surface area contributed by atoms with Gasteiger partial charge in [0.1, 0.15) is 0 Å². The van der Waals surface area contributed by atoms with Crippen molar-refractivity contribution in [3.8, 4) is 0 Å². The van der Waals surface area contributed by atoms with Crippen LogP contribution in [-0.4, -0.2) is 24.5 Å². The summed E-state index contributed by atoms with van der Waals surface area (Å²) in [6, 6.07) is 4.15. The second-order valence-corrected chi connectivity index (χ2v) is 4.85. The van der Waals surface area contributed by atoms with E-state index in [2.05, 4.69) is 32.6 Å². The lowest BCUT2D eigenvalue weighted by atomic mass is 10.2. The van der Waals surface area contributed by atoms with Gasteiger partial charge in [-0.15, -0.1) is 0 Å². The summed E-state index contributed by atoms with van der Waals surface area (Å²) in [6.45, 7) is 3.82. The Kier molecular flexibility index (Phi) is 5.54. The van der Waals surface area contributed by atoms with Crippen molar-refractivity contribution in [3.63, 3.8) is 0 Å². The molecule has 0 saturated heterocycles. The highest BCUT2D eigenvalue weighted by Crippen LogP contribution is 2.17. The average molecular weight is 362 g/mol. The summed E-state index contributed by atoms with van der Waals surface area (Å²) in [4.78, 5) is 23.0. The first-order chi connectivity index (χ1) is 8.45. The zero-order chi connectivity index (χ0) is 13.7. The van der Waals surface area contributed by atoms with E-state index in [1.807, 2.05) is 19.1 Å². The van der Waals surface area contributed by atoms with Gasteiger partial charge in [0.15, 0.2) is 6.04 Å². The minimum Gasteiger partial charge on any atom is -0.464 e. The number of nitrogens with one attached hydrogen (secondary N) is 1. The number of aryl methyl sites for hydroxylation is 1. The van der Waals surface area contributed by atoms with Crippen LogP contribution >= 0.6 is 22.6 Å². The molecule has 0 aliphatic rings. The third-order valence-corrected chi connectivity index (χ3v) is 3.42. The Bertz CT molecular complexity index is 463. The van der Waals surface area contributed by atoms with E-state index in [4.69, 9.17) is 5.73 Å². The highest BCUT2D eigenvalue weighted by molar-refractivity contribution is 14.1. The first-order valence-electron chi connectivity index (χ1n) is 5.45. The molecule has 0 bridgehead atoms. The molecule has 18 heavy (non-hydrogen) atoms. The van der Waals surface area contributed by atoms with E-state index in [0.29, 0.717) is 5.69 Å². The molecule has 0 saturated carbocycles. The Hall–Kier alpha value is -1.15. The van der Waals surface area contributed by atoms with Crippen LogP contribution in [0.25, 0.3) is 0 Å². The van der Waals surface area contributed by atoms with E-state index in [9.17, 15) is 9.59 Å². The van der Waals surface area contributed by atoms with Gasteiger partial charge in [0.05, 0.1) is 6.61 Å². The highest BCUT2D eigenvalue weighted by Gasteiger charge is 2.23. The fraction of sp³-hybridized carbons (Fsp3) is 0.333. The van der Waals surface area contributed by atoms with Crippen LogP contribution in [0.5, 0.6) is 0 Å². The van der Waals surface area contributed by atoms with Gasteiger partial charge in [-0.05, 0) is 54.1 Å². The topological polar surface area (TPSA) is 81.4 Å². The Morgan fingerprint density at radius 3 is 2.72 bits per heavy atom. The molecule has 1 rings (SSSR count). The molecular weight excluding hydrogens is 347 g/mol. The summed E-state index contributed by atoms with van der Waals surface area (Å²) in [5.74, 6) is -1.30. The van der Waals surface area contributed by atoms with Crippen LogP contribution in [0.1, 0.15) is 12.5 Å². The maximum absolute atomic E-state index is 11.7. The summed E-state index contributed by atoms with van der Waals surface area (Å²) in [5.41, 5.74) is 7.19. The number of esters is 1. The fourth-order valence-electron chi connectivity index (χ4n) is 1.23. The molecule has 0 fully saturated rings. The van der Waals surface area contributed by atoms with E-state index in [-0.39, 0.29) is 6.61 Å². The second-order valence-electron chi connectivity index (χ2n) is 3.68. The molecule has 5 nitrogen and oxygen atoms in total. The predicted octanol–water partition coefficient (Wildman–Crippen LogP) is 1.43. The molecule has 1 amide bonds. The summed E-state index contributed by atoms with van der Waals surface area (Å²) in [5, 5.41) is 2.58. The lowest BCUT2D eigenvalue weighted by molar-refractivity contribution is -0.146. The van der Waals surface area contributed by atoms with Crippen LogP contribution in [-0.2, 0) is 14.3 Å². The third-order valence-electron chi connectivity index (χ3n) is 2.26. The first-order valence-corrected chi connectivity index (χ1v) is 6.52. The number of halogens is 1. The van der Waals surface area contributed by atoms with Gasteiger partial charge in [-0.25, -0.2) is 4.79 Å². The van der Waals surface area contributed by atoms with Gasteiger partial charge in [0, 0.05) is 9.26 Å². The number of hydrogen-bond acceptors (Lipinski definition) is 4. The van der Waals surface area contributed by atoms with Gasteiger partial charge >= 0.3 is 5.97 Å². The van der Waals surface area contributed by atoms with E-state index in [0.717, 1.165) is 9.13 Å². The molecule has 0 heterocycles. The van der Waals surface area contributed by atoms with Crippen LogP contribution in [0, 0.1) is 10.5 Å². The molecule has 0 aliphatic carbocycles. The molecule has 0 radical (unpaired) electrons. The van der Waals surface area contributed by atoms with E-state index in [1.165, 1.54) is 0 Å². The largest absolute Gasteiger partial charge is 0.464 e. The van der Waals surface area contributed by atoms with Crippen LogP contribution < -0.4 is 11.1 Å². The number of benzene rings is 1. The van der Waals surface area contributed by atoms with Crippen molar-refractivity contribution in [1.29, 1.82) is 0 Å². The summed E-state index contributed by atoms with van der Waals surface area (Å²) < 4.78 is 5.70. The van der Waals surface area contributed by atoms with Gasteiger partial charge in [-0.3, -0.25) is 4.79 Å². The quantitative estimate of drug-likeness (QED) is 0.482. The molecule has 6 heteroatoms. The zero-order valence-corrected chi connectivity index (χ0v) is 12.4. The highest BCUT2D eigenvalue weighted by atomic mass is 127. The van der Waals surface area contributed by atoms with Crippen molar-refractivity contribution in [2.75, 3.05) is 11.9 Å². The van der Waals surface area contributed by atoms with Crippen molar-refractivity contribution in [1.82, 2.24) is 0 Å². The van der Waals surface area contributed by atoms with Crippen LogP contribution in [0.15, 0.2) is 18.2 Å². The second kappa shape index (κ2) is 6.69. The number of carbonyl (C=O) groups excluding carboxylic acids is 2. The number of nitrogens with two attached hydrogens (primary N) is 1. The molecular formula is C12H15IN2O3. The van der Waals surface area contributed by atoms with Crippen LogP contribution in [0.2, 0.25) is 0 Å². The van der Waals surface area contributed by atoms with Crippen molar-refractivity contribution in [2.24, 2.45) is 5.73 Å². The van der Waals surface area contributed by atoms with E-state index in [1.54, 1.807) is 13.0 Å². The van der Waals surface area contributed by atoms with Gasteiger partial charge < -0.3 is 15.8 Å². The smallest absolute Gasteiger partial charge is 0.332 e. The van der Waals surface area contributed by atoms with Gasteiger partial charge in [0.2, 0.25) is 0 Å². The monoisotopic (exact) mass is 362 g/mol. The number of anilines is 1.